The second-order valence-corrected chi connectivity index (χ2v) is 22.7. The van der Waals surface area contributed by atoms with Crippen molar-refractivity contribution in [3.8, 4) is 0 Å². The fraction of sp³-hybridized carbons (Fsp3) is 0.843. The Hall–Kier alpha value is -2.58. The second kappa shape index (κ2) is 38.9. The zero-order valence-electron chi connectivity index (χ0n) is 44.1. The van der Waals surface area contributed by atoms with E-state index in [4.69, 9.17) is 29.0 Å². The molecule has 2 rings (SSSR count). The average Bonchev–Trinajstić information content (AvgIpc) is 3.62. The van der Waals surface area contributed by atoms with Crippen molar-refractivity contribution in [2.24, 2.45) is 5.92 Å². The van der Waals surface area contributed by atoms with Crippen LogP contribution in [0.2, 0.25) is 0 Å². The number of phosphoric acid groups is 2. The molecule has 1 aromatic heterocycles. The summed E-state index contributed by atoms with van der Waals surface area (Å²) >= 11 is 0. The third-order valence-electron chi connectivity index (χ3n) is 13.1. The van der Waals surface area contributed by atoms with Crippen molar-refractivity contribution in [1.29, 1.82) is 0 Å². The molecular formula is C51H93N3O17P2. The smallest absolute Gasteiger partial charge is 0.462 e. The second-order valence-electron chi connectivity index (χ2n) is 19.6. The molecule has 0 bridgehead atoms. The van der Waals surface area contributed by atoms with Gasteiger partial charge in [-0.1, -0.05) is 168 Å². The van der Waals surface area contributed by atoms with E-state index in [0.29, 0.717) is 38.5 Å². The molecule has 1 saturated heterocycles. The standard InChI is InChI=1S/C51H93N3O17P2/c1-4-6-7-8-21-26-31-42(55)43(56)32-27-22-19-24-28-33-46(57)66-37-41(69-47(58)34-29-23-18-16-14-12-10-9-11-13-15-17-20-25-30-40(3)5-2)38-67-72(62,63)71-73(64,65)68-39-44-48(59)49(60)50(70-44)54-36-35-45(52)53-51(54)61/h21,26,35-36,40-44,48-50,55-56,59-60H,4-20,22-25,27-34,37-39H2,1-3H3,(H,62,63)(H,64,65)(H2,52,53,61)/b26-21-/t40?,41-,42-,43-,44-,48-,49-,50-/m1/s1. The highest BCUT2D eigenvalue weighted by Gasteiger charge is 2.46. The largest absolute Gasteiger partial charge is 0.481 e. The topological polar surface area (TPSA) is 306 Å². The third-order valence-corrected chi connectivity index (χ3v) is 15.7. The minimum atomic E-state index is -5.45. The molecule has 0 aliphatic carbocycles. The number of unbranched alkanes of at least 4 members (excludes halogenated alkanes) is 20. The normalized spacial score (nSPS) is 20.3. The van der Waals surface area contributed by atoms with Crippen LogP contribution in [0.4, 0.5) is 5.82 Å². The molecule has 1 fully saturated rings. The molecule has 22 heteroatoms. The number of rotatable bonds is 45. The summed E-state index contributed by atoms with van der Waals surface area (Å²) in [6.07, 6.45) is 22.9. The summed E-state index contributed by atoms with van der Waals surface area (Å²) in [5, 5.41) is 41.5. The number of phosphoric ester groups is 2. The highest BCUT2D eigenvalue weighted by molar-refractivity contribution is 7.61. The van der Waals surface area contributed by atoms with Crippen LogP contribution in [0.3, 0.4) is 0 Å². The van der Waals surface area contributed by atoms with E-state index in [1.54, 1.807) is 0 Å². The van der Waals surface area contributed by atoms with Gasteiger partial charge in [-0.15, -0.1) is 0 Å². The molecule has 3 unspecified atom stereocenters. The summed E-state index contributed by atoms with van der Waals surface area (Å²) in [6.45, 7) is 4.33. The fourth-order valence-corrected chi connectivity index (χ4v) is 10.4. The maximum atomic E-state index is 12.9. The number of hydrogen-bond acceptors (Lipinski definition) is 17. The monoisotopic (exact) mass is 1080 g/mol. The van der Waals surface area contributed by atoms with Gasteiger partial charge in [0.25, 0.3) is 0 Å². The summed E-state index contributed by atoms with van der Waals surface area (Å²) < 4.78 is 56.8. The predicted molar refractivity (Wildman–Crippen MR) is 278 cm³/mol. The summed E-state index contributed by atoms with van der Waals surface area (Å²) in [5.41, 5.74) is 4.58. The van der Waals surface area contributed by atoms with Crippen LogP contribution in [0.5, 0.6) is 0 Å². The van der Waals surface area contributed by atoms with Gasteiger partial charge in [0, 0.05) is 19.0 Å². The molecule has 424 valence electrons. The number of nitrogens with two attached hydrogens (primary N) is 1. The van der Waals surface area contributed by atoms with Crippen LogP contribution in [0.25, 0.3) is 0 Å². The molecule has 2 heterocycles. The Morgan fingerprint density at radius 2 is 1.29 bits per heavy atom. The third kappa shape index (κ3) is 31.3. The first-order valence-electron chi connectivity index (χ1n) is 27.3. The summed E-state index contributed by atoms with van der Waals surface area (Å²) in [7, 11) is -10.9. The van der Waals surface area contributed by atoms with Gasteiger partial charge >= 0.3 is 33.3 Å². The summed E-state index contributed by atoms with van der Waals surface area (Å²) in [6, 6.07) is 1.24. The molecule has 1 aliphatic rings. The molecule has 1 aromatic rings. The number of allylic oxidation sites excluding steroid dienone is 1. The van der Waals surface area contributed by atoms with E-state index in [1.807, 2.05) is 12.2 Å². The van der Waals surface area contributed by atoms with Gasteiger partial charge in [-0.3, -0.25) is 23.2 Å². The Morgan fingerprint density at radius 3 is 1.86 bits per heavy atom. The van der Waals surface area contributed by atoms with Gasteiger partial charge in [-0.05, 0) is 50.5 Å². The first kappa shape index (κ1) is 66.5. The lowest BCUT2D eigenvalue weighted by Crippen LogP contribution is -2.36. The zero-order valence-corrected chi connectivity index (χ0v) is 45.9. The van der Waals surface area contributed by atoms with Gasteiger partial charge in [-0.25, -0.2) is 13.9 Å². The highest BCUT2D eigenvalue weighted by Crippen LogP contribution is 2.60. The average molecular weight is 1080 g/mol. The fourth-order valence-electron chi connectivity index (χ4n) is 8.31. The lowest BCUT2D eigenvalue weighted by atomic mass is 9.99. The minimum Gasteiger partial charge on any atom is -0.462 e. The van der Waals surface area contributed by atoms with Crippen molar-refractivity contribution in [3.05, 3.63) is 34.9 Å². The number of ether oxygens (including phenoxy) is 3. The molecular weight excluding hydrogens is 989 g/mol. The van der Waals surface area contributed by atoms with Crippen LogP contribution < -0.4 is 11.4 Å². The zero-order chi connectivity index (χ0) is 53.9. The van der Waals surface area contributed by atoms with Crippen LogP contribution in [-0.2, 0) is 46.3 Å². The van der Waals surface area contributed by atoms with E-state index < -0.39 is 95.9 Å². The van der Waals surface area contributed by atoms with Gasteiger partial charge in [0.15, 0.2) is 12.3 Å². The van der Waals surface area contributed by atoms with Crippen LogP contribution in [0.15, 0.2) is 29.2 Å². The van der Waals surface area contributed by atoms with Crippen molar-refractivity contribution in [2.45, 2.75) is 250 Å². The molecule has 1 aliphatic heterocycles. The molecule has 20 nitrogen and oxygen atoms in total. The number of carbonyl (C=O) groups excluding carboxylic acids is 2. The van der Waals surface area contributed by atoms with Gasteiger partial charge in [0.1, 0.15) is 30.7 Å². The molecule has 10 atom stereocenters. The maximum absolute atomic E-state index is 12.9. The number of aliphatic hydroxyl groups excluding tert-OH is 4. The number of nitrogen functional groups attached to an aromatic ring is 1. The predicted octanol–water partition coefficient (Wildman–Crippen LogP) is 9.42. The quantitative estimate of drug-likeness (QED) is 0.0138. The van der Waals surface area contributed by atoms with Crippen LogP contribution in [-0.4, -0.2) is 108 Å². The SMILES string of the molecule is CCCCC/C=C\C[C@@H](O)[C@H](O)CCCCCCCC(=O)OC[C@H](COP(=O)(O)OP(=O)(O)OC[C@H]1O[C@@H](n2ccc(N)nc2=O)[C@H](O)[C@@H]1O)OC(=O)CCCCCCCCCCCCCCCCC(C)CC. The lowest BCUT2D eigenvalue weighted by molar-refractivity contribution is -0.161. The maximum Gasteiger partial charge on any atom is 0.481 e. The Morgan fingerprint density at radius 1 is 0.740 bits per heavy atom. The first-order chi connectivity index (χ1) is 34.9. The van der Waals surface area contributed by atoms with E-state index in [-0.39, 0.29) is 18.7 Å². The number of nitrogens with zero attached hydrogens (tertiary/aromatic N) is 2. The van der Waals surface area contributed by atoms with E-state index >= 15 is 0 Å². The van der Waals surface area contributed by atoms with Crippen LogP contribution >= 0.6 is 15.6 Å². The van der Waals surface area contributed by atoms with Gasteiger partial charge < -0.3 is 50.2 Å². The van der Waals surface area contributed by atoms with Crippen molar-refractivity contribution in [1.82, 2.24) is 9.55 Å². The number of aliphatic hydroxyl groups is 4. The molecule has 0 aromatic carbocycles. The van der Waals surface area contributed by atoms with Gasteiger partial charge in [0.2, 0.25) is 0 Å². The molecule has 73 heavy (non-hydrogen) atoms. The molecule has 0 spiro atoms. The number of hydrogen-bond donors (Lipinski definition) is 7. The lowest BCUT2D eigenvalue weighted by Gasteiger charge is -2.21. The number of carbonyl (C=O) groups is 2. The Bertz CT molecular complexity index is 1820. The number of anilines is 1. The summed E-state index contributed by atoms with van der Waals surface area (Å²) in [5.74, 6) is -0.569. The van der Waals surface area contributed by atoms with Crippen LogP contribution in [0.1, 0.15) is 213 Å². The van der Waals surface area contributed by atoms with Gasteiger partial charge in [0.05, 0.1) is 25.4 Å². The molecule has 0 saturated carbocycles. The van der Waals surface area contributed by atoms with E-state index in [9.17, 15) is 53.7 Å². The summed E-state index contributed by atoms with van der Waals surface area (Å²) in [4.78, 5) is 62.0. The first-order valence-corrected chi connectivity index (χ1v) is 30.3. The van der Waals surface area contributed by atoms with E-state index in [2.05, 4.69) is 30.1 Å². The minimum absolute atomic E-state index is 0.0231. The van der Waals surface area contributed by atoms with E-state index in [0.717, 1.165) is 80.9 Å². The Labute approximate surface area is 434 Å². The highest BCUT2D eigenvalue weighted by atomic mass is 31.3. The number of esters is 2. The Kier molecular flexibility index (Phi) is 35.4. The van der Waals surface area contributed by atoms with Crippen LogP contribution in [0, 0.1) is 5.92 Å². The van der Waals surface area contributed by atoms with E-state index in [1.165, 1.54) is 76.7 Å². The van der Waals surface area contributed by atoms with Crippen molar-refractivity contribution >= 4 is 33.4 Å². The molecule has 0 amide bonds. The van der Waals surface area contributed by atoms with Crippen molar-refractivity contribution < 1.29 is 76.5 Å². The van der Waals surface area contributed by atoms with Crippen molar-refractivity contribution in [3.63, 3.8) is 0 Å². The van der Waals surface area contributed by atoms with Gasteiger partial charge in [-0.2, -0.15) is 9.29 Å². The Balaban J connectivity index is 1.80. The molecule has 8 N–H and O–H groups in total. The number of aromatic nitrogens is 2. The molecule has 0 radical (unpaired) electrons. The van der Waals surface area contributed by atoms with Crippen molar-refractivity contribution in [2.75, 3.05) is 25.6 Å².